The summed E-state index contributed by atoms with van der Waals surface area (Å²) in [6.45, 7) is 1.47. The fourth-order valence-corrected chi connectivity index (χ4v) is 1.93. The van der Waals surface area contributed by atoms with Gasteiger partial charge >= 0.3 is 6.18 Å². The van der Waals surface area contributed by atoms with Crippen LogP contribution >= 0.6 is 0 Å². The molecule has 20 heavy (non-hydrogen) atoms. The maximum atomic E-state index is 13.9. The molecule has 1 aromatic heterocycles. The van der Waals surface area contributed by atoms with Gasteiger partial charge in [-0.15, -0.1) is 0 Å². The van der Waals surface area contributed by atoms with Crippen LogP contribution in [-0.4, -0.2) is 10.1 Å². The van der Waals surface area contributed by atoms with Crippen molar-refractivity contribution in [1.29, 1.82) is 0 Å². The van der Waals surface area contributed by atoms with Gasteiger partial charge in [0.25, 0.3) is 0 Å². The topological polar surface area (TPSA) is 33.1 Å². The molecule has 0 bridgehead atoms. The molecule has 106 valence electrons. The summed E-state index contributed by atoms with van der Waals surface area (Å²) in [5.41, 5.74) is -1.45. The third-order valence-electron chi connectivity index (χ3n) is 2.97. The molecule has 1 atom stereocenters. The van der Waals surface area contributed by atoms with Gasteiger partial charge in [0.2, 0.25) is 0 Å². The van der Waals surface area contributed by atoms with Gasteiger partial charge in [-0.2, -0.15) is 13.2 Å². The normalized spacial score (nSPS) is 13.3. The van der Waals surface area contributed by atoms with Gasteiger partial charge in [-0.05, 0) is 18.6 Å². The second-order valence-corrected chi connectivity index (χ2v) is 4.34. The quantitative estimate of drug-likeness (QED) is 0.855. The van der Waals surface area contributed by atoms with Crippen molar-refractivity contribution in [1.82, 2.24) is 4.98 Å². The highest BCUT2D eigenvalue weighted by Gasteiger charge is 2.35. The first-order valence-corrected chi connectivity index (χ1v) is 5.76. The molecule has 2 nitrogen and oxygen atoms in total. The van der Waals surface area contributed by atoms with Gasteiger partial charge < -0.3 is 5.11 Å². The third kappa shape index (κ3) is 2.65. The fourth-order valence-electron chi connectivity index (χ4n) is 1.93. The molecule has 0 radical (unpaired) electrons. The number of aromatic nitrogens is 1. The van der Waals surface area contributed by atoms with Crippen LogP contribution in [0.25, 0.3) is 0 Å². The highest BCUT2D eigenvalue weighted by Crippen LogP contribution is 2.36. The Kier molecular flexibility index (Phi) is 3.76. The maximum Gasteiger partial charge on any atom is 0.416 e. The number of pyridine rings is 1. The van der Waals surface area contributed by atoms with Crippen LogP contribution in [0.2, 0.25) is 0 Å². The zero-order valence-electron chi connectivity index (χ0n) is 10.4. The third-order valence-corrected chi connectivity index (χ3v) is 2.97. The van der Waals surface area contributed by atoms with Gasteiger partial charge in [0.1, 0.15) is 11.9 Å². The Labute approximate surface area is 112 Å². The predicted molar refractivity (Wildman–Crippen MR) is 64.4 cm³/mol. The zero-order chi connectivity index (χ0) is 14.9. The summed E-state index contributed by atoms with van der Waals surface area (Å²) < 4.78 is 52.5. The average molecular weight is 285 g/mol. The minimum absolute atomic E-state index is 0.205. The summed E-state index contributed by atoms with van der Waals surface area (Å²) >= 11 is 0. The number of rotatable bonds is 2. The smallest absolute Gasteiger partial charge is 0.383 e. The molecular formula is C14H11F4NO. The lowest BCUT2D eigenvalue weighted by molar-refractivity contribution is -0.139. The molecule has 0 spiro atoms. The van der Waals surface area contributed by atoms with E-state index in [1.807, 2.05) is 0 Å². The van der Waals surface area contributed by atoms with Gasteiger partial charge in [0.05, 0.1) is 5.56 Å². The number of aliphatic hydroxyl groups excluding tert-OH is 1. The molecule has 0 aliphatic heterocycles. The second-order valence-electron chi connectivity index (χ2n) is 4.34. The van der Waals surface area contributed by atoms with Crippen LogP contribution in [-0.2, 0) is 6.18 Å². The Morgan fingerprint density at radius 1 is 1.15 bits per heavy atom. The molecule has 1 heterocycles. The molecule has 1 N–H and O–H groups in total. The number of aryl methyl sites for hydroxylation is 1. The summed E-state index contributed by atoms with van der Waals surface area (Å²) in [4.78, 5) is 3.58. The van der Waals surface area contributed by atoms with Crippen LogP contribution in [0.5, 0.6) is 0 Å². The van der Waals surface area contributed by atoms with E-state index in [0.717, 1.165) is 18.5 Å². The summed E-state index contributed by atoms with van der Waals surface area (Å²) in [7, 11) is 0. The van der Waals surface area contributed by atoms with E-state index in [1.165, 1.54) is 25.1 Å². The summed E-state index contributed by atoms with van der Waals surface area (Å²) in [6, 6.07) is 4.95. The van der Waals surface area contributed by atoms with E-state index < -0.39 is 29.2 Å². The van der Waals surface area contributed by atoms with Crippen molar-refractivity contribution in [3.63, 3.8) is 0 Å². The first kappa shape index (κ1) is 14.5. The van der Waals surface area contributed by atoms with Gasteiger partial charge in [-0.1, -0.05) is 18.2 Å². The van der Waals surface area contributed by atoms with E-state index in [4.69, 9.17) is 0 Å². The summed E-state index contributed by atoms with van der Waals surface area (Å²) in [5.74, 6) is -0.725. The van der Waals surface area contributed by atoms with Gasteiger partial charge in [0, 0.05) is 23.5 Å². The first-order chi connectivity index (χ1) is 9.32. The molecule has 0 saturated carbocycles. The van der Waals surface area contributed by atoms with Crippen LogP contribution in [0, 0.1) is 12.7 Å². The lowest BCUT2D eigenvalue weighted by atomic mass is 9.97. The minimum atomic E-state index is -4.64. The lowest BCUT2D eigenvalue weighted by Gasteiger charge is -2.18. The summed E-state index contributed by atoms with van der Waals surface area (Å²) in [5, 5.41) is 10.1. The standard InChI is InChI=1S/C14H11F4NO/c1-8-3-2-4-9(12(8)15)13(20)10-7-19-6-5-11(10)14(16,17)18/h2-7,13,20H,1H3. The Morgan fingerprint density at radius 2 is 1.85 bits per heavy atom. The lowest BCUT2D eigenvalue weighted by Crippen LogP contribution is -2.14. The minimum Gasteiger partial charge on any atom is -0.383 e. The van der Waals surface area contributed by atoms with E-state index in [9.17, 15) is 22.7 Å². The largest absolute Gasteiger partial charge is 0.416 e. The van der Waals surface area contributed by atoms with Crippen molar-refractivity contribution in [2.45, 2.75) is 19.2 Å². The van der Waals surface area contributed by atoms with Crippen molar-refractivity contribution in [3.8, 4) is 0 Å². The van der Waals surface area contributed by atoms with Crippen molar-refractivity contribution in [2.75, 3.05) is 0 Å². The fraction of sp³-hybridized carbons (Fsp3) is 0.214. The van der Waals surface area contributed by atoms with Gasteiger partial charge in [0.15, 0.2) is 0 Å². The molecular weight excluding hydrogens is 274 g/mol. The average Bonchev–Trinajstić information content (AvgIpc) is 2.40. The van der Waals surface area contributed by atoms with E-state index in [1.54, 1.807) is 0 Å². The number of halogens is 4. The predicted octanol–water partition coefficient (Wildman–Crippen LogP) is 3.63. The molecule has 0 aliphatic carbocycles. The second kappa shape index (κ2) is 5.20. The van der Waals surface area contributed by atoms with Crippen LogP contribution in [0.4, 0.5) is 17.6 Å². The first-order valence-electron chi connectivity index (χ1n) is 5.76. The molecule has 0 fully saturated rings. The number of hydrogen-bond acceptors (Lipinski definition) is 2. The van der Waals surface area contributed by atoms with E-state index in [0.29, 0.717) is 0 Å². The molecule has 0 aliphatic rings. The van der Waals surface area contributed by atoms with Gasteiger partial charge in [-0.25, -0.2) is 4.39 Å². The number of hydrogen-bond donors (Lipinski definition) is 1. The summed E-state index contributed by atoms with van der Waals surface area (Å²) in [6.07, 6.45) is -4.49. The Balaban J connectivity index is 2.55. The molecule has 1 unspecified atom stereocenters. The van der Waals surface area contributed by atoms with E-state index in [-0.39, 0.29) is 11.1 Å². The molecule has 0 amide bonds. The van der Waals surface area contributed by atoms with Crippen LogP contribution in [0.3, 0.4) is 0 Å². The van der Waals surface area contributed by atoms with Crippen LogP contribution < -0.4 is 0 Å². The SMILES string of the molecule is Cc1cccc(C(O)c2cnccc2C(F)(F)F)c1F. The van der Waals surface area contributed by atoms with Gasteiger partial charge in [-0.3, -0.25) is 4.98 Å². The Morgan fingerprint density at radius 3 is 2.50 bits per heavy atom. The number of aliphatic hydroxyl groups is 1. The van der Waals surface area contributed by atoms with Crippen molar-refractivity contribution in [2.24, 2.45) is 0 Å². The molecule has 2 rings (SSSR count). The number of benzene rings is 1. The van der Waals surface area contributed by atoms with E-state index in [2.05, 4.69) is 4.98 Å². The molecule has 0 saturated heterocycles. The van der Waals surface area contributed by atoms with Crippen molar-refractivity contribution in [3.05, 3.63) is 64.7 Å². The van der Waals surface area contributed by atoms with Crippen molar-refractivity contribution >= 4 is 0 Å². The van der Waals surface area contributed by atoms with Crippen molar-refractivity contribution < 1.29 is 22.7 Å². The monoisotopic (exact) mass is 285 g/mol. The number of nitrogens with zero attached hydrogens (tertiary/aromatic N) is 1. The maximum absolute atomic E-state index is 13.9. The van der Waals surface area contributed by atoms with Crippen LogP contribution in [0.15, 0.2) is 36.7 Å². The number of alkyl halides is 3. The Hall–Kier alpha value is -1.95. The van der Waals surface area contributed by atoms with Crippen LogP contribution in [0.1, 0.15) is 28.4 Å². The zero-order valence-corrected chi connectivity index (χ0v) is 10.4. The molecule has 1 aromatic carbocycles. The Bertz CT molecular complexity index is 625. The molecule has 6 heteroatoms. The molecule has 2 aromatic rings. The van der Waals surface area contributed by atoms with E-state index >= 15 is 0 Å². The highest BCUT2D eigenvalue weighted by atomic mass is 19.4. The highest BCUT2D eigenvalue weighted by molar-refractivity contribution is 5.37.